The first-order chi connectivity index (χ1) is 9.56. The second-order valence-electron chi connectivity index (χ2n) is 5.01. The molecule has 0 N–H and O–H groups in total. The number of carbonyl (C=O) groups is 1. The van der Waals surface area contributed by atoms with Crippen molar-refractivity contribution in [1.82, 2.24) is 4.90 Å². The van der Waals surface area contributed by atoms with Crippen LogP contribution in [0, 0.1) is 0 Å². The second kappa shape index (κ2) is 6.13. The van der Waals surface area contributed by atoms with E-state index in [2.05, 4.69) is 0 Å². The molecule has 0 spiro atoms. The molecule has 0 radical (unpaired) electrons. The lowest BCUT2D eigenvalue weighted by molar-refractivity contribution is -0.0586. The zero-order valence-electron chi connectivity index (χ0n) is 12.4. The topological polar surface area (TPSA) is 48.0 Å². The van der Waals surface area contributed by atoms with Crippen LogP contribution in [-0.2, 0) is 4.74 Å². The summed E-state index contributed by atoms with van der Waals surface area (Å²) < 4.78 is 16.2. The van der Waals surface area contributed by atoms with E-state index in [1.54, 1.807) is 37.3 Å². The van der Waals surface area contributed by atoms with E-state index >= 15 is 0 Å². The molecule has 0 aromatic heterocycles. The molecule has 0 aliphatic carbocycles. The normalized spacial score (nSPS) is 22.5. The number of rotatable bonds is 3. The van der Waals surface area contributed by atoms with Crippen LogP contribution in [0.5, 0.6) is 11.5 Å². The first-order valence-electron chi connectivity index (χ1n) is 6.72. The van der Waals surface area contributed by atoms with Gasteiger partial charge in [0.05, 0.1) is 32.0 Å². The van der Waals surface area contributed by atoms with Gasteiger partial charge in [-0.25, -0.2) is 0 Å². The van der Waals surface area contributed by atoms with Crippen LogP contribution in [0.25, 0.3) is 0 Å². The van der Waals surface area contributed by atoms with Crippen molar-refractivity contribution in [3.63, 3.8) is 0 Å². The molecule has 1 heterocycles. The first-order valence-corrected chi connectivity index (χ1v) is 6.72. The molecule has 5 heteroatoms. The van der Waals surface area contributed by atoms with Crippen LogP contribution in [0.2, 0.25) is 0 Å². The first kappa shape index (κ1) is 14.7. The Hall–Kier alpha value is -1.75. The van der Waals surface area contributed by atoms with Crippen molar-refractivity contribution < 1.29 is 19.0 Å². The molecule has 1 aromatic carbocycles. The minimum Gasteiger partial charge on any atom is -0.493 e. The Balaban J connectivity index is 2.29. The maximum Gasteiger partial charge on any atom is 0.257 e. The average molecular weight is 279 g/mol. The fraction of sp³-hybridized carbons (Fsp3) is 0.533. The Bertz CT molecular complexity index is 479. The molecule has 1 aliphatic heterocycles. The highest BCUT2D eigenvalue weighted by atomic mass is 16.5. The molecule has 1 aliphatic rings. The van der Waals surface area contributed by atoms with Gasteiger partial charge in [0.25, 0.3) is 5.91 Å². The number of nitrogens with zero attached hydrogens (tertiary/aromatic N) is 1. The summed E-state index contributed by atoms with van der Waals surface area (Å²) in [5.74, 6) is 0.988. The quantitative estimate of drug-likeness (QED) is 0.848. The lowest BCUT2D eigenvalue weighted by atomic mass is 10.1. The van der Waals surface area contributed by atoms with Crippen molar-refractivity contribution in [3.8, 4) is 11.5 Å². The third-order valence-electron chi connectivity index (χ3n) is 3.34. The summed E-state index contributed by atoms with van der Waals surface area (Å²) in [5, 5.41) is 0. The molecule has 1 amide bonds. The molecule has 2 rings (SSSR count). The summed E-state index contributed by atoms with van der Waals surface area (Å²) in [4.78, 5) is 14.5. The van der Waals surface area contributed by atoms with E-state index in [9.17, 15) is 4.79 Å². The van der Waals surface area contributed by atoms with Crippen LogP contribution < -0.4 is 9.47 Å². The van der Waals surface area contributed by atoms with Crippen LogP contribution in [-0.4, -0.2) is 50.3 Å². The molecule has 2 atom stereocenters. The predicted molar refractivity (Wildman–Crippen MR) is 75.5 cm³/mol. The maximum absolute atomic E-state index is 12.7. The number of amides is 1. The smallest absolute Gasteiger partial charge is 0.257 e. The van der Waals surface area contributed by atoms with Crippen molar-refractivity contribution in [2.45, 2.75) is 26.1 Å². The third-order valence-corrected chi connectivity index (χ3v) is 3.34. The highest BCUT2D eigenvalue weighted by Gasteiger charge is 2.28. The van der Waals surface area contributed by atoms with Gasteiger partial charge in [-0.05, 0) is 26.0 Å². The van der Waals surface area contributed by atoms with Crippen LogP contribution in [0.15, 0.2) is 18.2 Å². The minimum atomic E-state index is -0.0530. The lowest BCUT2D eigenvalue weighted by Gasteiger charge is -2.35. The van der Waals surface area contributed by atoms with Gasteiger partial charge in [-0.1, -0.05) is 6.07 Å². The number of methoxy groups -OCH3 is 2. The van der Waals surface area contributed by atoms with Gasteiger partial charge in [0.1, 0.15) is 0 Å². The largest absolute Gasteiger partial charge is 0.493 e. The molecule has 1 fully saturated rings. The maximum atomic E-state index is 12.7. The van der Waals surface area contributed by atoms with Crippen LogP contribution in [0.1, 0.15) is 24.2 Å². The summed E-state index contributed by atoms with van der Waals surface area (Å²) in [6.45, 7) is 5.12. The molecule has 0 saturated carbocycles. The van der Waals surface area contributed by atoms with Gasteiger partial charge in [-0.2, -0.15) is 0 Å². The zero-order valence-corrected chi connectivity index (χ0v) is 12.4. The van der Waals surface area contributed by atoms with E-state index in [1.165, 1.54) is 0 Å². The van der Waals surface area contributed by atoms with E-state index in [-0.39, 0.29) is 18.1 Å². The highest BCUT2D eigenvalue weighted by molar-refractivity contribution is 5.98. The van der Waals surface area contributed by atoms with Gasteiger partial charge >= 0.3 is 0 Å². The van der Waals surface area contributed by atoms with Crippen LogP contribution in [0.3, 0.4) is 0 Å². The van der Waals surface area contributed by atoms with E-state index in [4.69, 9.17) is 14.2 Å². The molecule has 1 aromatic rings. The van der Waals surface area contributed by atoms with Crippen molar-refractivity contribution in [1.29, 1.82) is 0 Å². The van der Waals surface area contributed by atoms with Crippen molar-refractivity contribution in [3.05, 3.63) is 23.8 Å². The van der Waals surface area contributed by atoms with Gasteiger partial charge in [0.15, 0.2) is 11.5 Å². The van der Waals surface area contributed by atoms with Crippen molar-refractivity contribution in [2.75, 3.05) is 27.3 Å². The molecule has 110 valence electrons. The van der Waals surface area contributed by atoms with E-state index in [0.29, 0.717) is 30.2 Å². The second-order valence-corrected chi connectivity index (χ2v) is 5.01. The lowest BCUT2D eigenvalue weighted by Crippen LogP contribution is -2.48. The summed E-state index contributed by atoms with van der Waals surface area (Å²) in [5.41, 5.74) is 0.521. The standard InChI is InChI=1S/C15H21NO4/c1-10-8-16(9-11(2)20-10)15(17)12-6-5-7-13(18-3)14(12)19-4/h5-7,10-11H,8-9H2,1-4H3. The van der Waals surface area contributed by atoms with Crippen LogP contribution in [0.4, 0.5) is 0 Å². The van der Waals surface area contributed by atoms with Crippen molar-refractivity contribution >= 4 is 5.91 Å². The van der Waals surface area contributed by atoms with Gasteiger partial charge < -0.3 is 19.1 Å². The number of morpholine rings is 1. The number of ether oxygens (including phenoxy) is 3. The SMILES string of the molecule is COc1cccc(C(=O)N2CC(C)OC(C)C2)c1OC. The zero-order chi connectivity index (χ0) is 14.7. The van der Waals surface area contributed by atoms with E-state index in [0.717, 1.165) is 0 Å². The Morgan fingerprint density at radius 1 is 1.20 bits per heavy atom. The Kier molecular flexibility index (Phi) is 4.49. The Labute approximate surface area is 119 Å². The van der Waals surface area contributed by atoms with Gasteiger partial charge in [-0.3, -0.25) is 4.79 Å². The highest BCUT2D eigenvalue weighted by Crippen LogP contribution is 2.32. The fourth-order valence-electron chi connectivity index (χ4n) is 2.57. The molecular formula is C15H21NO4. The minimum absolute atomic E-state index is 0.0410. The van der Waals surface area contributed by atoms with Crippen LogP contribution >= 0.6 is 0 Å². The average Bonchev–Trinajstić information content (AvgIpc) is 2.44. The molecular weight excluding hydrogens is 258 g/mol. The molecule has 0 bridgehead atoms. The summed E-state index contributed by atoms with van der Waals surface area (Å²) in [6, 6.07) is 5.33. The number of para-hydroxylation sites is 1. The molecule has 5 nitrogen and oxygen atoms in total. The molecule has 1 saturated heterocycles. The fourth-order valence-corrected chi connectivity index (χ4v) is 2.57. The van der Waals surface area contributed by atoms with Gasteiger partial charge in [0.2, 0.25) is 0 Å². The Morgan fingerprint density at radius 2 is 1.85 bits per heavy atom. The van der Waals surface area contributed by atoms with E-state index in [1.807, 2.05) is 13.8 Å². The third kappa shape index (κ3) is 2.88. The van der Waals surface area contributed by atoms with Gasteiger partial charge in [0, 0.05) is 13.1 Å². The Morgan fingerprint density at radius 3 is 2.40 bits per heavy atom. The number of hydrogen-bond acceptors (Lipinski definition) is 4. The number of carbonyl (C=O) groups excluding carboxylic acids is 1. The monoisotopic (exact) mass is 279 g/mol. The summed E-state index contributed by atoms with van der Waals surface area (Å²) in [7, 11) is 3.10. The predicted octanol–water partition coefficient (Wildman–Crippen LogP) is 1.95. The molecule has 2 unspecified atom stereocenters. The summed E-state index contributed by atoms with van der Waals surface area (Å²) in [6.07, 6.45) is 0.0820. The van der Waals surface area contributed by atoms with Crippen molar-refractivity contribution in [2.24, 2.45) is 0 Å². The van der Waals surface area contributed by atoms with Gasteiger partial charge in [-0.15, -0.1) is 0 Å². The summed E-state index contributed by atoms with van der Waals surface area (Å²) >= 11 is 0. The number of benzene rings is 1. The number of hydrogen-bond donors (Lipinski definition) is 0. The van der Waals surface area contributed by atoms with E-state index < -0.39 is 0 Å². The molecule has 20 heavy (non-hydrogen) atoms.